The summed E-state index contributed by atoms with van der Waals surface area (Å²) in [5, 5.41) is 11.6. The summed E-state index contributed by atoms with van der Waals surface area (Å²) >= 11 is 0. The molecule has 72 valence electrons. The van der Waals surface area contributed by atoms with Gasteiger partial charge in [0.1, 0.15) is 5.75 Å². The van der Waals surface area contributed by atoms with Crippen molar-refractivity contribution in [2.24, 2.45) is 0 Å². The van der Waals surface area contributed by atoms with E-state index in [0.717, 1.165) is 11.4 Å². The van der Waals surface area contributed by atoms with E-state index in [1.807, 2.05) is 31.2 Å². The van der Waals surface area contributed by atoms with Gasteiger partial charge >= 0.3 is 0 Å². The molecule has 1 aromatic rings. The fraction of sp³-hybridized carbons (Fsp3) is 0.400. The Balaban J connectivity index is 2.48. The molecule has 0 aliphatic heterocycles. The lowest BCUT2D eigenvalue weighted by atomic mass is 10.3. The first-order valence-corrected chi connectivity index (χ1v) is 4.44. The first-order chi connectivity index (χ1) is 6.36. The second-order valence-corrected chi connectivity index (χ2v) is 2.61. The molecule has 0 aromatic heterocycles. The Morgan fingerprint density at radius 2 is 2.00 bits per heavy atom. The van der Waals surface area contributed by atoms with Crippen LogP contribution in [-0.4, -0.2) is 24.9 Å². The van der Waals surface area contributed by atoms with Gasteiger partial charge in [-0.15, -0.1) is 0 Å². The summed E-state index contributed by atoms with van der Waals surface area (Å²) in [4.78, 5) is 0. The maximum absolute atomic E-state index is 8.58. The van der Waals surface area contributed by atoms with E-state index >= 15 is 0 Å². The molecule has 1 aromatic carbocycles. The van der Waals surface area contributed by atoms with Crippen LogP contribution in [0.25, 0.3) is 0 Å². The SMILES string of the molecule is CCOc1ccc(NCCO)cc1. The predicted molar refractivity (Wildman–Crippen MR) is 53.2 cm³/mol. The van der Waals surface area contributed by atoms with Crippen molar-refractivity contribution in [2.75, 3.05) is 25.1 Å². The standard InChI is InChI=1S/C10H15NO2/c1-2-13-10-5-3-9(4-6-10)11-7-8-12/h3-6,11-12H,2,7-8H2,1H3. The molecule has 0 saturated heterocycles. The van der Waals surface area contributed by atoms with Crippen molar-refractivity contribution in [2.45, 2.75) is 6.92 Å². The first kappa shape index (κ1) is 9.86. The maximum Gasteiger partial charge on any atom is 0.119 e. The Morgan fingerprint density at radius 1 is 1.31 bits per heavy atom. The third-order valence-electron chi connectivity index (χ3n) is 1.61. The van der Waals surface area contributed by atoms with Gasteiger partial charge in [0.25, 0.3) is 0 Å². The van der Waals surface area contributed by atoms with E-state index in [1.165, 1.54) is 0 Å². The number of hydrogen-bond acceptors (Lipinski definition) is 3. The van der Waals surface area contributed by atoms with Crippen molar-refractivity contribution in [3.05, 3.63) is 24.3 Å². The summed E-state index contributed by atoms with van der Waals surface area (Å²) in [7, 11) is 0. The van der Waals surface area contributed by atoms with E-state index < -0.39 is 0 Å². The molecule has 0 heterocycles. The van der Waals surface area contributed by atoms with Crippen molar-refractivity contribution >= 4 is 5.69 Å². The lowest BCUT2D eigenvalue weighted by Gasteiger charge is -2.06. The molecule has 0 fully saturated rings. The third kappa shape index (κ3) is 3.34. The molecular weight excluding hydrogens is 166 g/mol. The average molecular weight is 181 g/mol. The summed E-state index contributed by atoms with van der Waals surface area (Å²) in [5.74, 6) is 0.872. The quantitative estimate of drug-likeness (QED) is 0.723. The normalized spacial score (nSPS) is 9.69. The van der Waals surface area contributed by atoms with Gasteiger partial charge in [0.15, 0.2) is 0 Å². The minimum Gasteiger partial charge on any atom is -0.494 e. The molecule has 0 spiro atoms. The molecule has 0 unspecified atom stereocenters. The molecule has 0 radical (unpaired) electrons. The van der Waals surface area contributed by atoms with Crippen molar-refractivity contribution in [3.63, 3.8) is 0 Å². The molecule has 0 atom stereocenters. The molecule has 0 bridgehead atoms. The predicted octanol–water partition coefficient (Wildman–Crippen LogP) is 1.49. The highest BCUT2D eigenvalue weighted by Gasteiger charge is 1.92. The van der Waals surface area contributed by atoms with E-state index in [1.54, 1.807) is 0 Å². The van der Waals surface area contributed by atoms with Gasteiger partial charge in [0, 0.05) is 12.2 Å². The number of rotatable bonds is 5. The molecular formula is C10H15NO2. The lowest BCUT2D eigenvalue weighted by molar-refractivity contribution is 0.311. The summed E-state index contributed by atoms with van der Waals surface area (Å²) in [6.45, 7) is 3.36. The van der Waals surface area contributed by atoms with Crippen molar-refractivity contribution in [3.8, 4) is 5.75 Å². The first-order valence-electron chi connectivity index (χ1n) is 4.44. The molecule has 1 rings (SSSR count). The van der Waals surface area contributed by atoms with Crippen LogP contribution in [0.2, 0.25) is 0 Å². The van der Waals surface area contributed by atoms with Gasteiger partial charge < -0.3 is 15.2 Å². The van der Waals surface area contributed by atoms with Crippen LogP contribution < -0.4 is 10.1 Å². The van der Waals surface area contributed by atoms with Crippen LogP contribution in [0.4, 0.5) is 5.69 Å². The largest absolute Gasteiger partial charge is 0.494 e. The minimum absolute atomic E-state index is 0.146. The molecule has 2 N–H and O–H groups in total. The number of anilines is 1. The topological polar surface area (TPSA) is 41.5 Å². The fourth-order valence-corrected chi connectivity index (χ4v) is 1.04. The molecule has 0 aliphatic carbocycles. The number of hydrogen-bond donors (Lipinski definition) is 2. The Hall–Kier alpha value is -1.22. The highest BCUT2D eigenvalue weighted by atomic mass is 16.5. The zero-order chi connectivity index (χ0) is 9.52. The zero-order valence-electron chi connectivity index (χ0n) is 7.79. The number of nitrogens with one attached hydrogen (secondary N) is 1. The van der Waals surface area contributed by atoms with Crippen LogP contribution in [0.15, 0.2) is 24.3 Å². The van der Waals surface area contributed by atoms with E-state index in [4.69, 9.17) is 9.84 Å². The monoisotopic (exact) mass is 181 g/mol. The summed E-state index contributed by atoms with van der Waals surface area (Å²) in [6.07, 6.45) is 0. The average Bonchev–Trinajstić information content (AvgIpc) is 2.17. The molecule has 0 saturated carbocycles. The van der Waals surface area contributed by atoms with Crippen molar-refractivity contribution in [1.29, 1.82) is 0 Å². The van der Waals surface area contributed by atoms with Gasteiger partial charge in [-0.3, -0.25) is 0 Å². The lowest BCUT2D eigenvalue weighted by Crippen LogP contribution is -2.05. The zero-order valence-corrected chi connectivity index (χ0v) is 7.79. The molecule has 3 nitrogen and oxygen atoms in total. The van der Waals surface area contributed by atoms with Crippen LogP contribution in [0, 0.1) is 0 Å². The number of ether oxygens (including phenoxy) is 1. The third-order valence-corrected chi connectivity index (χ3v) is 1.61. The van der Waals surface area contributed by atoms with Crippen LogP contribution in [0.1, 0.15) is 6.92 Å². The summed E-state index contributed by atoms with van der Waals surface area (Å²) in [5.41, 5.74) is 0.998. The van der Waals surface area contributed by atoms with Crippen molar-refractivity contribution < 1.29 is 9.84 Å². The van der Waals surface area contributed by atoms with E-state index in [0.29, 0.717) is 13.2 Å². The summed E-state index contributed by atoms with van der Waals surface area (Å²) < 4.78 is 5.29. The van der Waals surface area contributed by atoms with Gasteiger partial charge in [-0.2, -0.15) is 0 Å². The number of aliphatic hydroxyl groups is 1. The van der Waals surface area contributed by atoms with Gasteiger partial charge in [0.2, 0.25) is 0 Å². The Morgan fingerprint density at radius 3 is 2.54 bits per heavy atom. The highest BCUT2D eigenvalue weighted by molar-refractivity contribution is 5.46. The highest BCUT2D eigenvalue weighted by Crippen LogP contribution is 2.14. The number of benzene rings is 1. The van der Waals surface area contributed by atoms with Gasteiger partial charge in [0.05, 0.1) is 13.2 Å². The Bertz CT molecular complexity index is 233. The minimum atomic E-state index is 0.146. The number of aliphatic hydroxyl groups excluding tert-OH is 1. The van der Waals surface area contributed by atoms with Crippen molar-refractivity contribution in [1.82, 2.24) is 0 Å². The molecule has 0 amide bonds. The van der Waals surface area contributed by atoms with E-state index in [9.17, 15) is 0 Å². The Kier molecular flexibility index (Phi) is 4.12. The second kappa shape index (κ2) is 5.43. The summed E-state index contributed by atoms with van der Waals surface area (Å²) in [6, 6.07) is 7.67. The second-order valence-electron chi connectivity index (χ2n) is 2.61. The van der Waals surface area contributed by atoms with Crippen LogP contribution in [0.5, 0.6) is 5.75 Å². The fourth-order valence-electron chi connectivity index (χ4n) is 1.04. The molecule has 3 heteroatoms. The van der Waals surface area contributed by atoms with Crippen LogP contribution in [0.3, 0.4) is 0 Å². The van der Waals surface area contributed by atoms with Gasteiger partial charge in [-0.25, -0.2) is 0 Å². The van der Waals surface area contributed by atoms with Crippen LogP contribution in [-0.2, 0) is 0 Å². The Labute approximate surface area is 78.3 Å². The van der Waals surface area contributed by atoms with Gasteiger partial charge in [-0.1, -0.05) is 0 Å². The van der Waals surface area contributed by atoms with E-state index in [-0.39, 0.29) is 6.61 Å². The molecule has 13 heavy (non-hydrogen) atoms. The van der Waals surface area contributed by atoms with E-state index in [2.05, 4.69) is 5.32 Å². The smallest absolute Gasteiger partial charge is 0.119 e. The maximum atomic E-state index is 8.58. The molecule has 0 aliphatic rings. The van der Waals surface area contributed by atoms with Gasteiger partial charge in [-0.05, 0) is 31.2 Å². The van der Waals surface area contributed by atoms with Crippen LogP contribution >= 0.6 is 0 Å².